The van der Waals surface area contributed by atoms with Gasteiger partial charge in [-0.2, -0.15) is 8.42 Å². The Kier molecular flexibility index (Phi) is 8.28. The van der Waals surface area contributed by atoms with Crippen molar-refractivity contribution in [3.63, 3.8) is 0 Å². The fourth-order valence-electron chi connectivity index (χ4n) is 1.25. The number of nitrogens with one attached hydrogen (secondary N) is 1. The Bertz CT molecular complexity index is 711. The number of ether oxygens (including phenoxy) is 1. The van der Waals surface area contributed by atoms with Crippen LogP contribution in [0.4, 0.5) is 10.5 Å². The number of nitrogens with two attached hydrogens (primary N) is 1. The topological polar surface area (TPSA) is 176 Å². The van der Waals surface area contributed by atoms with E-state index in [0.29, 0.717) is 0 Å². The molecular formula is C10H12ClN2NaO8S. The number of phenolic OH excluding ortho intramolecular Hbond substituents is 1. The number of rotatable bonds is 5. The fourth-order valence-corrected chi connectivity index (χ4v) is 2.16. The second-order valence-electron chi connectivity index (χ2n) is 3.94. The zero-order chi connectivity index (χ0) is 17.1. The summed E-state index contributed by atoms with van der Waals surface area (Å²) in [5.41, 5.74) is 4.64. The van der Waals surface area contributed by atoms with Crippen LogP contribution in [0, 0.1) is 0 Å². The molecule has 1 amide bonds. The van der Waals surface area contributed by atoms with Gasteiger partial charge in [-0.25, -0.2) is 4.79 Å². The van der Waals surface area contributed by atoms with Crippen molar-refractivity contribution in [3.05, 3.63) is 17.2 Å². The minimum absolute atomic E-state index is 0. The van der Waals surface area contributed by atoms with E-state index in [9.17, 15) is 23.1 Å². The Balaban J connectivity index is 0.00000484. The van der Waals surface area contributed by atoms with Crippen molar-refractivity contribution in [3.8, 4) is 5.75 Å². The number of phenols is 1. The molecule has 0 unspecified atom stereocenters. The van der Waals surface area contributed by atoms with Gasteiger partial charge >= 0.3 is 41.6 Å². The third-order valence-corrected chi connectivity index (χ3v) is 3.35. The van der Waals surface area contributed by atoms with Gasteiger partial charge in [-0.15, -0.1) is 0 Å². The molecule has 0 heterocycles. The van der Waals surface area contributed by atoms with E-state index in [1.807, 2.05) is 5.32 Å². The molecule has 1 aromatic rings. The Labute approximate surface area is 157 Å². The van der Waals surface area contributed by atoms with Crippen molar-refractivity contribution in [2.75, 3.05) is 11.9 Å². The number of carbonyl (C=O) groups is 2. The van der Waals surface area contributed by atoms with Gasteiger partial charge in [-0.05, 0) is 12.1 Å². The SMILES string of the molecule is N[C@@H](COC(=O)Nc1cc(Cl)cc(S(=O)(=O)O)c1O)C(=O)O.[NaH]. The zero-order valence-corrected chi connectivity index (χ0v) is 12.3. The maximum atomic E-state index is 11.4. The Morgan fingerprint density at radius 3 is 2.43 bits per heavy atom. The molecule has 1 atom stereocenters. The number of amides is 1. The van der Waals surface area contributed by atoms with Crippen LogP contribution in [-0.2, 0) is 19.6 Å². The van der Waals surface area contributed by atoms with Crippen molar-refractivity contribution >= 4 is 69.0 Å². The van der Waals surface area contributed by atoms with E-state index < -0.39 is 51.2 Å². The summed E-state index contributed by atoms with van der Waals surface area (Å²) in [6.45, 7) is -0.659. The summed E-state index contributed by atoms with van der Waals surface area (Å²) in [7, 11) is -4.78. The summed E-state index contributed by atoms with van der Waals surface area (Å²) in [5.74, 6) is -2.36. The predicted molar refractivity (Wildman–Crippen MR) is 80.7 cm³/mol. The summed E-state index contributed by atoms with van der Waals surface area (Å²) in [6.07, 6.45) is -1.21. The number of carboxylic acid groups (broad SMARTS) is 1. The van der Waals surface area contributed by atoms with Crippen LogP contribution in [0.3, 0.4) is 0 Å². The zero-order valence-electron chi connectivity index (χ0n) is 10.7. The quantitative estimate of drug-likeness (QED) is 0.259. The molecule has 124 valence electrons. The molecule has 0 saturated heterocycles. The standard InChI is InChI=1S/C10H11ClN2O8S.Na.H/c11-4-1-6(8(14)7(2-4)22(18,19)20)13-10(17)21-3-5(12)9(15)16;;/h1-2,5,14H,3,12H2,(H,13,17)(H,15,16)(H,18,19,20);;/t5-;;/m0../s1. The molecule has 0 fully saturated rings. The van der Waals surface area contributed by atoms with E-state index in [2.05, 4.69) is 4.74 Å². The van der Waals surface area contributed by atoms with E-state index in [-0.39, 0.29) is 34.6 Å². The average molecular weight is 379 g/mol. The molecular weight excluding hydrogens is 367 g/mol. The molecule has 1 aromatic carbocycles. The second kappa shape index (κ2) is 8.68. The van der Waals surface area contributed by atoms with Gasteiger partial charge in [0.05, 0.1) is 5.69 Å². The number of benzene rings is 1. The van der Waals surface area contributed by atoms with E-state index in [1.54, 1.807) is 0 Å². The number of hydrogen-bond acceptors (Lipinski definition) is 7. The number of hydrogen-bond donors (Lipinski definition) is 5. The summed E-state index contributed by atoms with van der Waals surface area (Å²) in [4.78, 5) is 20.9. The monoisotopic (exact) mass is 378 g/mol. The van der Waals surface area contributed by atoms with Crippen LogP contribution < -0.4 is 11.1 Å². The molecule has 6 N–H and O–H groups in total. The molecule has 23 heavy (non-hydrogen) atoms. The number of aromatic hydroxyl groups is 1. The van der Waals surface area contributed by atoms with Crippen molar-refractivity contribution in [1.29, 1.82) is 0 Å². The van der Waals surface area contributed by atoms with Crippen molar-refractivity contribution in [1.82, 2.24) is 0 Å². The van der Waals surface area contributed by atoms with Crippen molar-refractivity contribution in [2.45, 2.75) is 10.9 Å². The predicted octanol–water partition coefficient (Wildman–Crippen LogP) is -0.396. The Morgan fingerprint density at radius 1 is 1.39 bits per heavy atom. The number of carboxylic acids is 1. The van der Waals surface area contributed by atoms with E-state index in [0.717, 1.165) is 12.1 Å². The Hall–Kier alpha value is -1.08. The first-order chi connectivity index (χ1) is 10.0. The molecule has 0 radical (unpaired) electrons. The first kappa shape index (κ1) is 21.9. The van der Waals surface area contributed by atoms with E-state index in [4.69, 9.17) is 27.0 Å². The van der Waals surface area contributed by atoms with Gasteiger partial charge in [0, 0.05) is 5.02 Å². The number of carbonyl (C=O) groups excluding carboxylic acids is 1. The summed E-state index contributed by atoms with van der Waals surface area (Å²) < 4.78 is 35.5. The van der Waals surface area contributed by atoms with Crippen LogP contribution in [0.5, 0.6) is 5.75 Å². The molecule has 0 aliphatic carbocycles. The first-order valence-corrected chi connectivity index (χ1v) is 7.26. The minimum atomic E-state index is -4.78. The molecule has 0 saturated carbocycles. The van der Waals surface area contributed by atoms with Crippen LogP contribution in [0.2, 0.25) is 5.02 Å². The molecule has 13 heteroatoms. The molecule has 1 rings (SSSR count). The third kappa shape index (κ3) is 6.51. The van der Waals surface area contributed by atoms with Gasteiger partial charge in [0.15, 0.2) is 5.75 Å². The number of aliphatic carboxylic acids is 1. The van der Waals surface area contributed by atoms with Gasteiger partial charge in [0.25, 0.3) is 10.1 Å². The molecule has 10 nitrogen and oxygen atoms in total. The van der Waals surface area contributed by atoms with E-state index >= 15 is 0 Å². The first-order valence-electron chi connectivity index (χ1n) is 5.44. The molecule has 0 spiro atoms. The molecule has 0 aliphatic rings. The van der Waals surface area contributed by atoms with Gasteiger partial charge < -0.3 is 20.7 Å². The normalized spacial score (nSPS) is 12.0. The maximum absolute atomic E-state index is 11.4. The van der Waals surface area contributed by atoms with Crippen molar-refractivity contribution in [2.24, 2.45) is 5.73 Å². The van der Waals surface area contributed by atoms with Gasteiger partial charge in [-0.1, -0.05) is 11.6 Å². The summed E-state index contributed by atoms with van der Waals surface area (Å²) in [5, 5.41) is 19.9. The van der Waals surface area contributed by atoms with Crippen LogP contribution in [0.1, 0.15) is 0 Å². The fraction of sp³-hybridized carbons (Fsp3) is 0.200. The van der Waals surface area contributed by atoms with Gasteiger partial charge in [-0.3, -0.25) is 14.7 Å². The summed E-state index contributed by atoms with van der Waals surface area (Å²) in [6, 6.07) is 0.305. The van der Waals surface area contributed by atoms with Gasteiger partial charge in [0.1, 0.15) is 17.5 Å². The Morgan fingerprint density at radius 2 is 1.96 bits per heavy atom. The third-order valence-electron chi connectivity index (χ3n) is 2.27. The molecule has 0 aromatic heterocycles. The molecule has 0 aliphatic heterocycles. The number of halogens is 1. The van der Waals surface area contributed by atoms with Crippen LogP contribution in [-0.4, -0.2) is 77.5 Å². The average Bonchev–Trinajstić information content (AvgIpc) is 2.38. The second-order valence-corrected chi connectivity index (χ2v) is 5.77. The number of anilines is 1. The molecule has 0 bridgehead atoms. The van der Waals surface area contributed by atoms with Crippen LogP contribution >= 0.6 is 11.6 Å². The van der Waals surface area contributed by atoms with E-state index in [1.165, 1.54) is 0 Å². The summed E-state index contributed by atoms with van der Waals surface area (Å²) >= 11 is 5.60. The van der Waals surface area contributed by atoms with Crippen LogP contribution in [0.15, 0.2) is 17.0 Å². The van der Waals surface area contributed by atoms with Crippen molar-refractivity contribution < 1.29 is 37.5 Å². The van der Waals surface area contributed by atoms with Gasteiger partial charge in [0.2, 0.25) is 0 Å². The van der Waals surface area contributed by atoms with Crippen LogP contribution in [0.25, 0.3) is 0 Å².